The first kappa shape index (κ1) is 76.2. The predicted molar refractivity (Wildman–Crippen MR) is 304 cm³/mol. The molecule has 38 heteroatoms. The number of aliphatic carboxylic acids is 2. The van der Waals surface area contributed by atoms with E-state index < -0.39 is 252 Å². The maximum Gasteiger partial charge on any atom is 0.364 e. The summed E-state index contributed by atoms with van der Waals surface area (Å²) in [7, 11) is 1.50. The molecule has 0 saturated carbocycles. The first-order valence-corrected chi connectivity index (χ1v) is 31.3. The number of rotatable bonds is 33. The molecule has 0 aromatic carbocycles. The smallest absolute Gasteiger partial charge is 0.364 e. The zero-order valence-electron chi connectivity index (χ0n) is 52.3. The Morgan fingerprint density at radius 1 is 0.731 bits per heavy atom. The van der Waals surface area contributed by atoms with Crippen molar-refractivity contribution in [2.45, 2.75) is 224 Å². The molecule has 0 bridgehead atoms. The van der Waals surface area contributed by atoms with Crippen molar-refractivity contribution >= 4 is 53.2 Å². The number of nitrogens with zero attached hydrogens (tertiary/aromatic N) is 1. The Kier molecular flexibility index (Phi) is 28.6. The van der Waals surface area contributed by atoms with Crippen LogP contribution in [-0.4, -0.2) is 345 Å². The van der Waals surface area contributed by atoms with Crippen molar-refractivity contribution in [2.24, 2.45) is 11.8 Å². The van der Waals surface area contributed by atoms with Gasteiger partial charge in [0.1, 0.15) is 85.4 Å². The lowest BCUT2D eigenvalue weighted by Gasteiger charge is -2.51. The summed E-state index contributed by atoms with van der Waals surface area (Å²) in [4.78, 5) is 90.7. The monoisotopic (exact) mass is 1370 g/mol. The molecule has 6 saturated heterocycles. The molecule has 37 nitrogen and oxygen atoms in total. The van der Waals surface area contributed by atoms with Crippen LogP contribution >= 0.6 is 11.8 Å². The maximum atomic E-state index is 13.2. The van der Waals surface area contributed by atoms with Gasteiger partial charge in [-0.1, -0.05) is 13.8 Å². The van der Waals surface area contributed by atoms with E-state index in [0.717, 1.165) is 23.6 Å². The molecule has 6 aliphatic rings. The van der Waals surface area contributed by atoms with Gasteiger partial charge >= 0.3 is 11.9 Å². The summed E-state index contributed by atoms with van der Waals surface area (Å²) in [5.74, 6) is -14.8. The SMILES string of the molecule is [2H][C@H]1C(O[C@@H]2OC(CO[C@]3(C(=O)O)C[C@@H](O)[C@@H](C)C([C@H](O)[C@H](O)CO)O3)[C@@H](O)C(O[C@@H]3OC(CO)[C@H](O)C(O[C@@]4(C(=O)O)C[C@H](O)[C@H](C)C([C@H](O)[C@H](O)CO)O4)[C@@H]3O)[C@@H]2NC(C)=O)[C@@H](O)C(CO)O[C@H]1OCCNC(=O)CCSC1CC(=O)N(CCCCC(=O)NC)C1=O. The molecule has 0 radical (unpaired) electrons. The second kappa shape index (κ2) is 34.9. The number of carbonyl (C=O) groups excluding carboxylic acids is 5. The molecule has 28 atom stereocenters. The normalized spacial score (nSPS) is 39.7. The van der Waals surface area contributed by atoms with Crippen LogP contribution in [0.3, 0.4) is 0 Å². The fourth-order valence-corrected chi connectivity index (χ4v) is 12.6. The Morgan fingerprint density at radius 3 is 1.87 bits per heavy atom. The zero-order valence-corrected chi connectivity index (χ0v) is 52.1. The number of aliphatic hydroxyl groups excluding tert-OH is 14. The summed E-state index contributed by atoms with van der Waals surface area (Å²) in [6, 6.07) is -1.98. The third kappa shape index (κ3) is 19.0. The topological polar surface area (TPSA) is 575 Å². The van der Waals surface area contributed by atoms with Crippen LogP contribution in [0.15, 0.2) is 0 Å². The van der Waals surface area contributed by atoms with Gasteiger partial charge in [0.15, 0.2) is 18.9 Å². The number of carboxylic acids is 2. The second-order valence-corrected chi connectivity index (χ2v) is 24.9. The lowest BCUT2D eigenvalue weighted by Crippen LogP contribution is -2.70. The number of hydrogen-bond acceptors (Lipinski definition) is 32. The van der Waals surface area contributed by atoms with Crippen LogP contribution in [0.5, 0.6) is 0 Å². The van der Waals surface area contributed by atoms with Gasteiger partial charge in [-0.25, -0.2) is 9.59 Å². The van der Waals surface area contributed by atoms with Crippen molar-refractivity contribution in [3.05, 3.63) is 0 Å². The van der Waals surface area contributed by atoms with Crippen molar-refractivity contribution in [3.8, 4) is 0 Å². The molecule has 9 unspecified atom stereocenters. The molecule has 19 N–H and O–H groups in total. The number of nitrogens with one attached hydrogen (secondary N) is 3. The molecular weight excluding hydrogens is 1280 g/mol. The first-order valence-electron chi connectivity index (χ1n) is 30.8. The zero-order chi connectivity index (χ0) is 69.8. The number of carboxylic acid groups (broad SMARTS) is 2. The van der Waals surface area contributed by atoms with E-state index in [0.29, 0.717) is 12.8 Å². The van der Waals surface area contributed by atoms with Crippen LogP contribution in [0.1, 0.15) is 73.5 Å². The van der Waals surface area contributed by atoms with Crippen LogP contribution in [0.4, 0.5) is 0 Å². The van der Waals surface area contributed by atoms with E-state index in [4.69, 9.17) is 47.4 Å². The van der Waals surface area contributed by atoms with Crippen LogP contribution in [0, 0.1) is 11.8 Å². The molecule has 534 valence electrons. The van der Waals surface area contributed by atoms with Crippen molar-refractivity contribution in [1.82, 2.24) is 20.9 Å². The predicted octanol–water partition coefficient (Wildman–Crippen LogP) is -9.48. The molecule has 6 heterocycles. The van der Waals surface area contributed by atoms with E-state index in [-0.39, 0.29) is 49.9 Å². The van der Waals surface area contributed by atoms with Crippen LogP contribution in [0.25, 0.3) is 0 Å². The third-order valence-corrected chi connectivity index (χ3v) is 18.2. The quantitative estimate of drug-likeness (QED) is 0.0214. The molecule has 93 heavy (non-hydrogen) atoms. The molecule has 6 rings (SSSR count). The van der Waals surface area contributed by atoms with Gasteiger partial charge in [-0.2, -0.15) is 0 Å². The highest BCUT2D eigenvalue weighted by molar-refractivity contribution is 8.00. The van der Waals surface area contributed by atoms with E-state index in [2.05, 4.69) is 16.0 Å². The summed E-state index contributed by atoms with van der Waals surface area (Å²) in [5.41, 5.74) is 0. The average molecular weight is 1370 g/mol. The number of aliphatic hydroxyl groups is 14. The highest BCUT2D eigenvalue weighted by Gasteiger charge is 2.61. The van der Waals surface area contributed by atoms with E-state index in [1.807, 2.05) is 0 Å². The number of amides is 5. The third-order valence-electron chi connectivity index (χ3n) is 17.0. The fraction of sp³-hybridized carbons (Fsp3) is 0.873. The molecule has 6 aliphatic heterocycles. The van der Waals surface area contributed by atoms with E-state index in [1.165, 1.54) is 20.9 Å². The molecule has 0 aliphatic carbocycles. The number of imide groups is 1. The van der Waals surface area contributed by atoms with Gasteiger partial charge < -0.3 is 145 Å². The lowest BCUT2D eigenvalue weighted by atomic mass is 9.84. The second-order valence-electron chi connectivity index (χ2n) is 23.5. The van der Waals surface area contributed by atoms with Crippen LogP contribution < -0.4 is 16.0 Å². The summed E-state index contributed by atoms with van der Waals surface area (Å²) in [6.07, 6.45) is -45.4. The number of carbonyl (C=O) groups is 7. The first-order chi connectivity index (χ1) is 44.3. The minimum Gasteiger partial charge on any atom is -0.477 e. The van der Waals surface area contributed by atoms with Gasteiger partial charge in [0.25, 0.3) is 11.6 Å². The van der Waals surface area contributed by atoms with Gasteiger partial charge in [0.05, 0.1) is 75.4 Å². The molecule has 5 amide bonds. The molecule has 6 fully saturated rings. The minimum atomic E-state index is -3.14. The van der Waals surface area contributed by atoms with Crippen LogP contribution in [0.2, 0.25) is 0 Å². The lowest BCUT2D eigenvalue weighted by molar-refractivity contribution is -0.387. The highest BCUT2D eigenvalue weighted by atomic mass is 32.2. The molecule has 0 aromatic rings. The summed E-state index contributed by atoms with van der Waals surface area (Å²) < 4.78 is 68.1. The largest absolute Gasteiger partial charge is 0.477 e. The van der Waals surface area contributed by atoms with Gasteiger partial charge in [-0.3, -0.25) is 28.9 Å². The van der Waals surface area contributed by atoms with E-state index >= 15 is 0 Å². The molecule has 0 aromatic heterocycles. The van der Waals surface area contributed by atoms with E-state index in [1.54, 1.807) is 0 Å². The van der Waals surface area contributed by atoms with E-state index in [9.17, 15) is 117 Å². The number of thioether (sulfide) groups is 1. The standard InChI is InChI=1S/C55H90N4O33S/c1-22-25(65)15-54(52(79)80,90-45(22)39(72)27(67)17-60)84-21-32-43(76)47(89-51-44(77)48(42(75)31(20-63)87-51)92-55(53(81)82)16-26(66)23(2)46(91-55)40(73)28(68)18-61)38(58-24(3)64)50(88-32)86-29-13-37(85-30(19-62)41(29)74)83-11-9-57-35(70)8-12-93-33-14-36(71)59(49(33)78)10-6-5-7-34(69)56-4/h22-23,25-33,37-48,50-51,60-63,65-68,72-77H,5-21H2,1-4H3,(H,56,69)(H,57,70)(H,58,64)(H,79,80)(H,81,82)/t22-,23+,25-,26+,27-,28-,29?,30?,31?,32?,33?,37-,38+,39-,40-,41-,42+,43-,44+,45?,46?,47?,48?,50-,51+,54-,55-/m1/s1/i13D/t13-,22+,23-,25+,26-,27+,28+,29?,30?,31?,32?,33?,37+,38-,39+,40+,41+,42-,43+,44-,45?,46?,47?,48?,50+,51-,54+,55+/m0. The van der Waals surface area contributed by atoms with Gasteiger partial charge in [-0.05, 0) is 12.8 Å². The minimum absolute atomic E-state index is 0.0715. The van der Waals surface area contributed by atoms with Crippen molar-refractivity contribution in [3.63, 3.8) is 0 Å². The molecular formula is C55H90N4O33S. The number of hydrogen-bond donors (Lipinski definition) is 19. The maximum absolute atomic E-state index is 13.2. The number of unbranched alkanes of at least 4 members (excludes halogenated alkanes) is 1. The van der Waals surface area contributed by atoms with Crippen molar-refractivity contribution < 1.29 is 164 Å². The Labute approximate surface area is 537 Å². The fourth-order valence-electron chi connectivity index (χ4n) is 11.5. The summed E-state index contributed by atoms with van der Waals surface area (Å²) in [6.45, 7) is -2.41. The highest BCUT2D eigenvalue weighted by Crippen LogP contribution is 2.42. The van der Waals surface area contributed by atoms with Crippen LogP contribution in [-0.2, 0) is 80.9 Å². The average Bonchev–Trinajstić information content (AvgIpc) is 1.34. The van der Waals surface area contributed by atoms with Crippen molar-refractivity contribution in [1.29, 1.82) is 0 Å². The Morgan fingerprint density at radius 2 is 1.30 bits per heavy atom. The van der Waals surface area contributed by atoms with Gasteiger partial charge in [-0.15, -0.1) is 11.8 Å². The summed E-state index contributed by atoms with van der Waals surface area (Å²) in [5, 5.41) is 180. The van der Waals surface area contributed by atoms with Gasteiger partial charge in [0.2, 0.25) is 29.5 Å². The summed E-state index contributed by atoms with van der Waals surface area (Å²) >= 11 is 1.10. The Balaban J connectivity index is 1.25. The van der Waals surface area contributed by atoms with Crippen molar-refractivity contribution in [2.75, 3.05) is 65.5 Å². The van der Waals surface area contributed by atoms with Gasteiger partial charge in [0, 0.05) is 84.5 Å². The Hall–Kier alpha value is -4.12. The molecule has 0 spiro atoms. The Bertz CT molecular complexity index is 2530. The number of ether oxygens (including phenoxy) is 10. The number of likely N-dealkylation sites (tertiary alicyclic amines) is 1.